The maximum Gasteiger partial charge on any atom is 4.00 e. The van der Waals surface area contributed by atoms with Crippen LogP contribution in [0.3, 0.4) is 0 Å². The molecule has 0 radical (unpaired) electrons. The summed E-state index contributed by atoms with van der Waals surface area (Å²) in [5.74, 6) is 0. The zero-order chi connectivity index (χ0) is 7.07. The second kappa shape index (κ2) is 19.6. The van der Waals surface area contributed by atoms with E-state index in [4.69, 9.17) is 0 Å². The van der Waals surface area contributed by atoms with Crippen LogP contribution in [0.4, 0.5) is 0 Å². The van der Waals surface area contributed by atoms with Crippen molar-refractivity contribution in [3.63, 3.8) is 0 Å². The molecule has 4 heteroatoms. The van der Waals surface area contributed by atoms with E-state index in [1.807, 2.05) is 60.7 Å². The summed E-state index contributed by atoms with van der Waals surface area (Å²) >= 11 is 0. The van der Waals surface area contributed by atoms with Gasteiger partial charge in [-0.05, 0) is 0 Å². The Labute approximate surface area is 136 Å². The zero-order valence-corrected chi connectivity index (χ0v) is 14.0. The van der Waals surface area contributed by atoms with Gasteiger partial charge in [-0.2, -0.15) is 36.4 Å². The molecule has 0 aliphatic rings. The Morgan fingerprint density at radius 3 is 0.786 bits per heavy atom. The third kappa shape index (κ3) is 15.5. The largest absolute Gasteiger partial charge is 4.00 e. The Morgan fingerprint density at radius 1 is 0.500 bits per heavy atom. The number of halogens is 2. The van der Waals surface area contributed by atoms with Crippen molar-refractivity contribution in [1.82, 2.24) is 0 Å². The Kier molecular flexibility index (Phi) is 34.0. The molecule has 0 atom stereocenters. The molecule has 0 spiro atoms. The molecule has 0 amide bonds. The summed E-state index contributed by atoms with van der Waals surface area (Å²) in [5, 5.41) is 0. The molecule has 0 aliphatic heterocycles. The first kappa shape index (κ1) is 24.3. The van der Waals surface area contributed by atoms with E-state index in [0.717, 1.165) is 0 Å². The molecule has 0 nitrogen and oxygen atoms in total. The average molecular weight is 384 g/mol. The molecule has 0 aromatic heterocycles. The first-order chi connectivity index (χ1) is 5.00. The van der Waals surface area contributed by atoms with Crippen LogP contribution in [0.15, 0.2) is 60.7 Å². The van der Waals surface area contributed by atoms with Gasteiger partial charge >= 0.3 is 52.4 Å². The number of hydrogen-bond donors (Lipinski definition) is 0. The maximum absolute atomic E-state index is 2.00. The van der Waals surface area contributed by atoms with Gasteiger partial charge in [0.25, 0.3) is 0 Å². The van der Waals surface area contributed by atoms with Gasteiger partial charge in [0, 0.05) is 0 Å². The van der Waals surface area contributed by atoms with E-state index < -0.39 is 0 Å². The van der Waals surface area contributed by atoms with Crippen molar-refractivity contribution in [3.05, 3.63) is 60.7 Å². The van der Waals surface area contributed by atoms with Gasteiger partial charge in [0.05, 0.1) is 0 Å². The molecule has 0 fully saturated rings. The third-order valence-electron chi connectivity index (χ3n) is 1.11. The van der Waals surface area contributed by atoms with Crippen molar-refractivity contribution in [2.24, 2.45) is 0 Å². The predicted octanol–water partition coefficient (Wildman–Crippen LogP) is -3.19. The molecule has 0 unspecified atom stereocenters. The SMILES string of the molecule is [Cl-].[Cl-].[Zr+4].[Zr+4].c1cc[cH-]c1.c1cc[cH-]c1. The van der Waals surface area contributed by atoms with Gasteiger partial charge in [0.15, 0.2) is 0 Å². The second-order valence-corrected chi connectivity index (χ2v) is 1.92. The minimum atomic E-state index is 0. The van der Waals surface area contributed by atoms with Crippen molar-refractivity contribution in [2.45, 2.75) is 0 Å². The normalized spacial score (nSPS) is 5.71. The van der Waals surface area contributed by atoms with E-state index in [1.54, 1.807) is 0 Å². The van der Waals surface area contributed by atoms with Gasteiger partial charge in [-0.25, -0.2) is 24.3 Å². The van der Waals surface area contributed by atoms with Crippen LogP contribution in [-0.2, 0) is 52.4 Å². The van der Waals surface area contributed by atoms with E-state index in [0.29, 0.717) is 0 Å². The molecule has 14 heavy (non-hydrogen) atoms. The molecule has 0 heterocycles. The van der Waals surface area contributed by atoms with Gasteiger partial charge in [-0.1, -0.05) is 0 Å². The molecule has 0 bridgehead atoms. The average Bonchev–Trinajstić information content (AvgIpc) is 2.67. The zero-order valence-electron chi connectivity index (χ0n) is 7.53. The van der Waals surface area contributed by atoms with Gasteiger partial charge in [-0.3, -0.25) is 0 Å². The van der Waals surface area contributed by atoms with Crippen LogP contribution < -0.4 is 24.8 Å². The first-order valence-corrected chi connectivity index (χ1v) is 3.33. The minimum Gasteiger partial charge on any atom is -1.00 e. The van der Waals surface area contributed by atoms with E-state index in [2.05, 4.69) is 0 Å². The summed E-state index contributed by atoms with van der Waals surface area (Å²) < 4.78 is 0. The van der Waals surface area contributed by atoms with Gasteiger partial charge in [-0.15, -0.1) is 0 Å². The van der Waals surface area contributed by atoms with Gasteiger partial charge in [0.2, 0.25) is 0 Å². The summed E-state index contributed by atoms with van der Waals surface area (Å²) in [5.41, 5.74) is 0. The molecule has 0 N–H and O–H groups in total. The Hall–Kier alpha value is 1.05. The summed E-state index contributed by atoms with van der Waals surface area (Å²) in [6.07, 6.45) is 0. The fraction of sp³-hybridized carbons (Fsp3) is 0. The Morgan fingerprint density at radius 2 is 0.714 bits per heavy atom. The van der Waals surface area contributed by atoms with E-state index in [9.17, 15) is 0 Å². The van der Waals surface area contributed by atoms with Crippen molar-refractivity contribution in [2.75, 3.05) is 0 Å². The summed E-state index contributed by atoms with van der Waals surface area (Å²) in [4.78, 5) is 0. The minimum absolute atomic E-state index is 0. The second-order valence-electron chi connectivity index (χ2n) is 1.92. The standard InChI is InChI=1S/2C5H5.2ClH.2Zr/c2*1-2-4-5-3-1;;;;/h2*1-5H;2*1H;;/q2*-1;;;2*+4/p-2. The number of hydrogen-bond acceptors (Lipinski definition) is 0. The van der Waals surface area contributed by atoms with E-state index in [1.165, 1.54) is 0 Å². The molecule has 2 rings (SSSR count). The fourth-order valence-electron chi connectivity index (χ4n) is 0.642. The van der Waals surface area contributed by atoms with Crippen LogP contribution in [0.5, 0.6) is 0 Å². The number of rotatable bonds is 0. The smallest absolute Gasteiger partial charge is 1.00 e. The maximum atomic E-state index is 2.00. The van der Waals surface area contributed by atoms with Crippen LogP contribution in [0.2, 0.25) is 0 Å². The third-order valence-corrected chi connectivity index (χ3v) is 1.11. The van der Waals surface area contributed by atoms with Gasteiger partial charge < -0.3 is 24.8 Å². The van der Waals surface area contributed by atoms with Crippen molar-refractivity contribution < 1.29 is 77.2 Å². The first-order valence-electron chi connectivity index (χ1n) is 3.33. The predicted molar refractivity (Wildman–Crippen MR) is 44.1 cm³/mol. The topological polar surface area (TPSA) is 0 Å². The van der Waals surface area contributed by atoms with Crippen molar-refractivity contribution in [3.8, 4) is 0 Å². The molecular weight excluding hydrogens is 373 g/mol. The molecule has 68 valence electrons. The van der Waals surface area contributed by atoms with Crippen LogP contribution in [0, 0.1) is 0 Å². The van der Waals surface area contributed by atoms with E-state index in [-0.39, 0.29) is 77.2 Å². The molecule has 2 aromatic carbocycles. The molecule has 0 aliphatic carbocycles. The van der Waals surface area contributed by atoms with Crippen molar-refractivity contribution in [1.29, 1.82) is 0 Å². The summed E-state index contributed by atoms with van der Waals surface area (Å²) in [6, 6.07) is 20.0. The monoisotopic (exact) mass is 380 g/mol. The van der Waals surface area contributed by atoms with Crippen LogP contribution in [0.1, 0.15) is 0 Å². The molecule has 2 aromatic rings. The Bertz CT molecular complexity index is 155. The van der Waals surface area contributed by atoms with Crippen molar-refractivity contribution >= 4 is 0 Å². The van der Waals surface area contributed by atoms with Gasteiger partial charge in [0.1, 0.15) is 0 Å². The van der Waals surface area contributed by atoms with Crippen LogP contribution >= 0.6 is 0 Å². The van der Waals surface area contributed by atoms with Crippen LogP contribution in [0.25, 0.3) is 0 Å². The Balaban J connectivity index is -0.0000000556. The summed E-state index contributed by atoms with van der Waals surface area (Å²) in [7, 11) is 0. The van der Waals surface area contributed by atoms with E-state index >= 15 is 0 Å². The van der Waals surface area contributed by atoms with Crippen LogP contribution in [-0.4, -0.2) is 0 Å². The molecule has 0 saturated carbocycles. The quantitative estimate of drug-likeness (QED) is 0.421. The summed E-state index contributed by atoms with van der Waals surface area (Å²) in [6.45, 7) is 0. The molecular formula is C10H10Cl2Zr2+4. The fourth-order valence-corrected chi connectivity index (χ4v) is 0.642. The molecule has 0 saturated heterocycles.